The third-order valence-electron chi connectivity index (χ3n) is 3.92. The number of phenolic OH excluding ortho intramolecular Hbond substituents is 1. The van der Waals surface area contributed by atoms with Crippen LogP contribution in [0.15, 0.2) is 41.3 Å². The van der Waals surface area contributed by atoms with Crippen molar-refractivity contribution in [3.05, 3.63) is 67.1 Å². The molecule has 1 fully saturated rings. The Balaban J connectivity index is 1.89. The molecule has 2 N–H and O–H groups in total. The van der Waals surface area contributed by atoms with Crippen LogP contribution < -0.4 is 10.2 Å². The lowest BCUT2D eigenvalue weighted by molar-refractivity contribution is -0.393. The van der Waals surface area contributed by atoms with Crippen molar-refractivity contribution >= 4 is 57.3 Å². The van der Waals surface area contributed by atoms with Crippen LogP contribution in [0.1, 0.15) is 5.56 Å². The first-order chi connectivity index (χ1) is 14.2. The second-order valence-corrected chi connectivity index (χ2v) is 7.45. The molecular formula is C17H12N4O7S2. The Labute approximate surface area is 178 Å². The molecular weight excluding hydrogens is 436 g/mol. The molecule has 3 rings (SSSR count). The zero-order valence-electron chi connectivity index (χ0n) is 15.1. The number of carbonyl (C=O) groups is 1. The SMILES string of the molecule is COc1cc(/C=C2/SC(=S)N(Nc3ccc([N+](=O)[O-])cc3[N+](=O)[O-])C2=O)ccc1O. The molecule has 0 atom stereocenters. The standard InChI is InChI=1S/C17H12N4O7S2/c1-28-14-6-9(2-5-13(14)22)7-15-16(23)19(17(29)30-15)18-11-4-3-10(20(24)25)8-12(11)21(26)27/h2-8,18,22H,1H3/b15-7+. The molecule has 0 bridgehead atoms. The summed E-state index contributed by atoms with van der Waals surface area (Å²) in [5.41, 5.74) is 1.95. The number of hydrazine groups is 1. The van der Waals surface area contributed by atoms with Crippen molar-refractivity contribution in [2.45, 2.75) is 0 Å². The maximum Gasteiger partial charge on any atom is 0.300 e. The second kappa shape index (κ2) is 8.34. The second-order valence-electron chi connectivity index (χ2n) is 5.78. The van der Waals surface area contributed by atoms with E-state index in [1.165, 1.54) is 25.3 Å². The largest absolute Gasteiger partial charge is 0.504 e. The van der Waals surface area contributed by atoms with Gasteiger partial charge in [0.1, 0.15) is 5.69 Å². The number of hydrogen-bond donors (Lipinski definition) is 2. The number of nitrogens with zero attached hydrogens (tertiary/aromatic N) is 3. The number of rotatable bonds is 6. The van der Waals surface area contributed by atoms with Crippen LogP contribution in [0.2, 0.25) is 0 Å². The van der Waals surface area contributed by atoms with Gasteiger partial charge < -0.3 is 9.84 Å². The van der Waals surface area contributed by atoms with Crippen molar-refractivity contribution in [1.29, 1.82) is 0 Å². The highest BCUT2D eigenvalue weighted by Crippen LogP contribution is 2.36. The number of nitrogens with one attached hydrogen (secondary N) is 1. The molecule has 30 heavy (non-hydrogen) atoms. The van der Waals surface area contributed by atoms with Crippen molar-refractivity contribution in [2.75, 3.05) is 12.5 Å². The van der Waals surface area contributed by atoms with Crippen molar-refractivity contribution in [3.63, 3.8) is 0 Å². The molecule has 1 heterocycles. The van der Waals surface area contributed by atoms with Crippen molar-refractivity contribution in [3.8, 4) is 11.5 Å². The topological polar surface area (TPSA) is 148 Å². The summed E-state index contributed by atoms with van der Waals surface area (Å²) in [6.45, 7) is 0. The summed E-state index contributed by atoms with van der Waals surface area (Å²) in [6, 6.07) is 7.49. The Morgan fingerprint density at radius 1 is 1.20 bits per heavy atom. The molecule has 13 heteroatoms. The molecule has 0 aromatic heterocycles. The monoisotopic (exact) mass is 448 g/mol. The van der Waals surface area contributed by atoms with E-state index >= 15 is 0 Å². The lowest BCUT2D eigenvalue weighted by atomic mass is 10.2. The average Bonchev–Trinajstić information content (AvgIpc) is 2.96. The van der Waals surface area contributed by atoms with Crippen LogP contribution >= 0.6 is 24.0 Å². The summed E-state index contributed by atoms with van der Waals surface area (Å²) in [4.78, 5) is 33.5. The summed E-state index contributed by atoms with van der Waals surface area (Å²) in [5, 5.41) is 32.8. The number of methoxy groups -OCH3 is 1. The smallest absolute Gasteiger partial charge is 0.300 e. The highest BCUT2D eigenvalue weighted by molar-refractivity contribution is 8.26. The molecule has 11 nitrogen and oxygen atoms in total. The Bertz CT molecular complexity index is 1120. The molecule has 0 spiro atoms. The minimum absolute atomic E-state index is 0.0608. The van der Waals surface area contributed by atoms with Gasteiger partial charge in [0.05, 0.1) is 27.9 Å². The van der Waals surface area contributed by atoms with Crippen LogP contribution in [0.3, 0.4) is 0 Å². The van der Waals surface area contributed by atoms with E-state index in [1.54, 1.807) is 6.07 Å². The third-order valence-corrected chi connectivity index (χ3v) is 5.22. The number of hydrogen-bond acceptors (Lipinski definition) is 10. The highest BCUT2D eigenvalue weighted by atomic mass is 32.2. The highest BCUT2D eigenvalue weighted by Gasteiger charge is 2.34. The summed E-state index contributed by atoms with van der Waals surface area (Å²) >= 11 is 6.14. The maximum absolute atomic E-state index is 12.7. The number of phenols is 1. The van der Waals surface area contributed by atoms with Gasteiger partial charge in [-0.25, -0.2) is 5.01 Å². The molecule has 1 aliphatic heterocycles. The number of benzene rings is 2. The van der Waals surface area contributed by atoms with E-state index in [-0.39, 0.29) is 26.4 Å². The van der Waals surface area contributed by atoms with Gasteiger partial charge in [0, 0.05) is 6.07 Å². The molecule has 0 aliphatic carbocycles. The van der Waals surface area contributed by atoms with Gasteiger partial charge in [-0.3, -0.25) is 30.4 Å². The summed E-state index contributed by atoms with van der Waals surface area (Å²) in [5.74, 6) is -0.405. The minimum Gasteiger partial charge on any atom is -0.504 e. The van der Waals surface area contributed by atoms with Crippen molar-refractivity contribution in [1.82, 2.24) is 5.01 Å². The lowest BCUT2D eigenvalue weighted by Crippen LogP contribution is -2.34. The van der Waals surface area contributed by atoms with Crippen molar-refractivity contribution in [2.24, 2.45) is 0 Å². The van der Waals surface area contributed by atoms with E-state index in [9.17, 15) is 30.1 Å². The van der Waals surface area contributed by atoms with Gasteiger partial charge in [0.15, 0.2) is 15.8 Å². The Hall–Kier alpha value is -3.71. The van der Waals surface area contributed by atoms with E-state index < -0.39 is 27.1 Å². The van der Waals surface area contributed by atoms with Crippen LogP contribution in [0.5, 0.6) is 11.5 Å². The summed E-state index contributed by atoms with van der Waals surface area (Å²) in [6.07, 6.45) is 1.52. The number of anilines is 1. The number of amides is 1. The molecule has 1 amide bonds. The van der Waals surface area contributed by atoms with Crippen LogP contribution in [0, 0.1) is 20.2 Å². The first kappa shape index (κ1) is 21.0. The average molecular weight is 448 g/mol. The number of ether oxygens (including phenoxy) is 1. The van der Waals surface area contributed by atoms with Gasteiger partial charge in [0.25, 0.3) is 11.6 Å². The third kappa shape index (κ3) is 4.16. The molecule has 2 aromatic rings. The summed E-state index contributed by atoms with van der Waals surface area (Å²) < 4.78 is 5.12. The van der Waals surface area contributed by atoms with Crippen LogP contribution in [-0.4, -0.2) is 37.3 Å². The lowest BCUT2D eigenvalue weighted by Gasteiger charge is -2.16. The van der Waals surface area contributed by atoms with Gasteiger partial charge in [-0.2, -0.15) is 0 Å². The van der Waals surface area contributed by atoms with E-state index in [1.807, 2.05) is 0 Å². The molecule has 1 saturated heterocycles. The molecule has 1 aliphatic rings. The molecule has 154 valence electrons. The zero-order chi connectivity index (χ0) is 22.0. The normalized spacial score (nSPS) is 14.8. The number of thiocarbonyl (C=S) groups is 1. The molecule has 0 saturated carbocycles. The van der Waals surface area contributed by atoms with Crippen molar-refractivity contribution < 1.29 is 24.5 Å². The van der Waals surface area contributed by atoms with E-state index in [4.69, 9.17) is 17.0 Å². The zero-order valence-corrected chi connectivity index (χ0v) is 16.7. The van der Waals surface area contributed by atoms with E-state index in [0.29, 0.717) is 5.56 Å². The Kier molecular flexibility index (Phi) is 5.84. The first-order valence-electron chi connectivity index (χ1n) is 8.05. The van der Waals surface area contributed by atoms with Crippen LogP contribution in [0.25, 0.3) is 6.08 Å². The first-order valence-corrected chi connectivity index (χ1v) is 9.28. The number of aromatic hydroxyl groups is 1. The molecule has 0 unspecified atom stereocenters. The minimum atomic E-state index is -0.800. The van der Waals surface area contributed by atoms with Gasteiger partial charge in [-0.05, 0) is 42.1 Å². The number of nitro groups is 2. The summed E-state index contributed by atoms with van der Waals surface area (Å²) in [7, 11) is 1.39. The Morgan fingerprint density at radius 2 is 1.93 bits per heavy atom. The fraction of sp³-hybridized carbons (Fsp3) is 0.0588. The van der Waals surface area contributed by atoms with Gasteiger partial charge in [-0.1, -0.05) is 17.8 Å². The molecule has 0 radical (unpaired) electrons. The maximum atomic E-state index is 12.7. The van der Waals surface area contributed by atoms with Gasteiger partial charge in [0.2, 0.25) is 0 Å². The number of carbonyl (C=O) groups excluding carboxylic acids is 1. The van der Waals surface area contributed by atoms with Crippen LogP contribution in [0.4, 0.5) is 17.1 Å². The predicted octanol–water partition coefficient (Wildman–Crippen LogP) is 3.45. The fourth-order valence-corrected chi connectivity index (χ4v) is 3.68. The number of non-ortho nitro benzene ring substituents is 1. The fourth-order valence-electron chi connectivity index (χ4n) is 2.50. The molecule has 2 aromatic carbocycles. The number of nitro benzene ring substituents is 2. The quantitative estimate of drug-likeness (QED) is 0.291. The number of thioether (sulfide) groups is 1. The van der Waals surface area contributed by atoms with E-state index in [0.717, 1.165) is 35.0 Å². The van der Waals surface area contributed by atoms with E-state index in [2.05, 4.69) is 5.43 Å². The van der Waals surface area contributed by atoms with Gasteiger partial charge >= 0.3 is 5.69 Å². The van der Waals surface area contributed by atoms with Gasteiger partial charge in [-0.15, -0.1) is 0 Å². The Morgan fingerprint density at radius 3 is 2.57 bits per heavy atom. The van der Waals surface area contributed by atoms with Crippen LogP contribution in [-0.2, 0) is 4.79 Å². The predicted molar refractivity (Wildman–Crippen MR) is 113 cm³/mol.